The fourth-order valence-corrected chi connectivity index (χ4v) is 2.51. The van der Waals surface area contributed by atoms with Crippen LogP contribution < -0.4 is 5.73 Å². The molecule has 0 aliphatic carbocycles. The van der Waals surface area contributed by atoms with Crippen molar-refractivity contribution in [2.45, 2.75) is 51.4 Å². The Morgan fingerprint density at radius 1 is 1.00 bits per heavy atom. The molecular formula is C15H28N2. The molecule has 98 valence electrons. The zero-order valence-corrected chi connectivity index (χ0v) is 11.2. The summed E-state index contributed by atoms with van der Waals surface area (Å²) in [6.45, 7) is 4.54. The predicted octanol–water partition coefficient (Wildman–Crippen LogP) is 2.63. The Hall–Kier alpha value is -0.520. The maximum Gasteiger partial charge on any atom is 0.0224 e. The van der Waals surface area contributed by atoms with Crippen LogP contribution in [0.5, 0.6) is 0 Å². The standard InChI is InChI=1S/C15H28N2/c1-2-15-9-13-17(14-10-15)12-8-6-4-3-5-7-11-16/h1,15H,3-14,16H2. The molecule has 1 aliphatic rings. The molecule has 1 rings (SSSR count). The first-order chi connectivity index (χ1) is 8.36. The first-order valence-corrected chi connectivity index (χ1v) is 7.25. The predicted molar refractivity (Wildman–Crippen MR) is 74.8 cm³/mol. The van der Waals surface area contributed by atoms with E-state index in [1.54, 1.807) is 0 Å². The maximum atomic E-state index is 5.47. The van der Waals surface area contributed by atoms with Crippen LogP contribution in [0.3, 0.4) is 0 Å². The molecule has 0 spiro atoms. The number of rotatable bonds is 8. The van der Waals surface area contributed by atoms with E-state index in [0.717, 1.165) is 6.54 Å². The molecule has 2 nitrogen and oxygen atoms in total. The van der Waals surface area contributed by atoms with Gasteiger partial charge < -0.3 is 10.6 Å². The summed E-state index contributed by atoms with van der Waals surface area (Å²) in [7, 11) is 0. The smallest absolute Gasteiger partial charge is 0.0224 e. The summed E-state index contributed by atoms with van der Waals surface area (Å²) < 4.78 is 0. The molecule has 0 bridgehead atoms. The minimum absolute atomic E-state index is 0.544. The monoisotopic (exact) mass is 236 g/mol. The highest BCUT2D eigenvalue weighted by Crippen LogP contribution is 2.16. The molecule has 0 aromatic carbocycles. The molecule has 1 saturated heterocycles. The molecule has 0 aromatic rings. The van der Waals surface area contributed by atoms with Gasteiger partial charge in [-0.25, -0.2) is 0 Å². The topological polar surface area (TPSA) is 29.3 Å². The fourth-order valence-electron chi connectivity index (χ4n) is 2.51. The van der Waals surface area contributed by atoms with Crippen molar-refractivity contribution in [1.82, 2.24) is 4.90 Å². The summed E-state index contributed by atoms with van der Waals surface area (Å²) in [6.07, 6.45) is 15.8. The summed E-state index contributed by atoms with van der Waals surface area (Å²) >= 11 is 0. The van der Waals surface area contributed by atoms with Gasteiger partial charge in [0.2, 0.25) is 0 Å². The van der Waals surface area contributed by atoms with Gasteiger partial charge in [0.25, 0.3) is 0 Å². The summed E-state index contributed by atoms with van der Waals surface area (Å²) in [5, 5.41) is 0. The van der Waals surface area contributed by atoms with E-state index in [1.807, 2.05) is 0 Å². The average molecular weight is 236 g/mol. The minimum atomic E-state index is 0.544. The Labute approximate surface area is 107 Å². The van der Waals surface area contributed by atoms with Crippen LogP contribution in [-0.2, 0) is 0 Å². The molecule has 0 aromatic heterocycles. The van der Waals surface area contributed by atoms with Crippen molar-refractivity contribution in [3.63, 3.8) is 0 Å². The second-order valence-electron chi connectivity index (χ2n) is 5.19. The SMILES string of the molecule is C#CC1CCN(CCCCCCCCN)CC1. The second kappa shape index (κ2) is 9.50. The molecule has 1 heterocycles. The molecule has 0 atom stereocenters. The molecule has 0 saturated carbocycles. The van der Waals surface area contributed by atoms with Crippen LogP contribution in [0.2, 0.25) is 0 Å². The lowest BCUT2D eigenvalue weighted by atomic mass is 9.98. The molecule has 0 unspecified atom stereocenters. The number of hydrogen-bond acceptors (Lipinski definition) is 2. The highest BCUT2D eigenvalue weighted by molar-refractivity contribution is 4.95. The minimum Gasteiger partial charge on any atom is -0.330 e. The maximum absolute atomic E-state index is 5.47. The van der Waals surface area contributed by atoms with Crippen LogP contribution in [0.25, 0.3) is 0 Å². The zero-order chi connectivity index (χ0) is 12.3. The van der Waals surface area contributed by atoms with Gasteiger partial charge in [-0.3, -0.25) is 0 Å². The molecular weight excluding hydrogens is 208 g/mol. The zero-order valence-electron chi connectivity index (χ0n) is 11.2. The second-order valence-corrected chi connectivity index (χ2v) is 5.19. The van der Waals surface area contributed by atoms with Crippen molar-refractivity contribution in [3.05, 3.63) is 0 Å². The summed E-state index contributed by atoms with van der Waals surface area (Å²) in [6, 6.07) is 0. The number of nitrogens with zero attached hydrogens (tertiary/aromatic N) is 1. The van der Waals surface area contributed by atoms with Crippen LogP contribution >= 0.6 is 0 Å². The van der Waals surface area contributed by atoms with Crippen molar-refractivity contribution in [2.75, 3.05) is 26.2 Å². The Kier molecular flexibility index (Phi) is 8.13. The molecule has 0 radical (unpaired) electrons. The number of hydrogen-bond donors (Lipinski definition) is 1. The van der Waals surface area contributed by atoms with E-state index >= 15 is 0 Å². The van der Waals surface area contributed by atoms with E-state index in [2.05, 4.69) is 10.8 Å². The van der Waals surface area contributed by atoms with Gasteiger partial charge in [-0.2, -0.15) is 0 Å². The van der Waals surface area contributed by atoms with E-state index < -0.39 is 0 Å². The Morgan fingerprint density at radius 2 is 1.59 bits per heavy atom. The average Bonchev–Trinajstić information content (AvgIpc) is 2.38. The largest absolute Gasteiger partial charge is 0.330 e. The third-order valence-corrected chi connectivity index (χ3v) is 3.75. The molecule has 1 aliphatic heterocycles. The number of terminal acetylenes is 1. The number of nitrogens with two attached hydrogens (primary N) is 1. The highest BCUT2D eigenvalue weighted by Gasteiger charge is 2.16. The first-order valence-electron chi connectivity index (χ1n) is 7.25. The number of piperidine rings is 1. The van der Waals surface area contributed by atoms with Gasteiger partial charge in [-0.05, 0) is 51.9 Å². The van der Waals surface area contributed by atoms with Gasteiger partial charge in [0, 0.05) is 5.92 Å². The lowest BCUT2D eigenvalue weighted by molar-refractivity contribution is 0.202. The number of unbranched alkanes of at least 4 members (excludes halogenated alkanes) is 5. The van der Waals surface area contributed by atoms with Gasteiger partial charge >= 0.3 is 0 Å². The van der Waals surface area contributed by atoms with E-state index in [4.69, 9.17) is 12.2 Å². The lowest BCUT2D eigenvalue weighted by Crippen LogP contribution is -2.33. The third-order valence-electron chi connectivity index (χ3n) is 3.75. The van der Waals surface area contributed by atoms with Crippen LogP contribution in [0, 0.1) is 18.3 Å². The molecule has 0 amide bonds. The van der Waals surface area contributed by atoms with E-state index in [0.29, 0.717) is 5.92 Å². The van der Waals surface area contributed by atoms with E-state index in [9.17, 15) is 0 Å². The van der Waals surface area contributed by atoms with Gasteiger partial charge in [-0.1, -0.05) is 25.7 Å². The van der Waals surface area contributed by atoms with Crippen LogP contribution in [0.1, 0.15) is 51.4 Å². The van der Waals surface area contributed by atoms with E-state index in [1.165, 1.54) is 71.0 Å². The van der Waals surface area contributed by atoms with Crippen molar-refractivity contribution >= 4 is 0 Å². The molecule has 1 fully saturated rings. The lowest BCUT2D eigenvalue weighted by Gasteiger charge is -2.29. The fraction of sp³-hybridized carbons (Fsp3) is 0.867. The Bertz CT molecular complexity index is 211. The summed E-state index contributed by atoms with van der Waals surface area (Å²) in [5.41, 5.74) is 5.47. The summed E-state index contributed by atoms with van der Waals surface area (Å²) in [4.78, 5) is 2.58. The quantitative estimate of drug-likeness (QED) is 0.518. The van der Waals surface area contributed by atoms with Crippen molar-refractivity contribution in [3.8, 4) is 12.3 Å². The van der Waals surface area contributed by atoms with Gasteiger partial charge in [0.1, 0.15) is 0 Å². The first kappa shape index (κ1) is 14.5. The number of likely N-dealkylation sites (tertiary alicyclic amines) is 1. The molecule has 2 heteroatoms. The Balaban J connectivity index is 1.89. The van der Waals surface area contributed by atoms with Gasteiger partial charge in [0.05, 0.1) is 0 Å². The highest BCUT2D eigenvalue weighted by atomic mass is 15.1. The van der Waals surface area contributed by atoms with Gasteiger partial charge in [-0.15, -0.1) is 12.3 Å². The summed E-state index contributed by atoms with van der Waals surface area (Å²) in [5.74, 6) is 3.43. The third kappa shape index (κ3) is 6.71. The van der Waals surface area contributed by atoms with Crippen molar-refractivity contribution in [1.29, 1.82) is 0 Å². The Morgan fingerprint density at radius 3 is 2.18 bits per heavy atom. The van der Waals surface area contributed by atoms with Crippen molar-refractivity contribution < 1.29 is 0 Å². The molecule has 2 N–H and O–H groups in total. The van der Waals surface area contributed by atoms with Crippen LogP contribution in [0.4, 0.5) is 0 Å². The van der Waals surface area contributed by atoms with Crippen LogP contribution in [-0.4, -0.2) is 31.1 Å². The van der Waals surface area contributed by atoms with Crippen molar-refractivity contribution in [2.24, 2.45) is 11.7 Å². The van der Waals surface area contributed by atoms with Gasteiger partial charge in [0.15, 0.2) is 0 Å². The van der Waals surface area contributed by atoms with Crippen LogP contribution in [0.15, 0.2) is 0 Å². The normalized spacial score (nSPS) is 18.1. The molecule has 17 heavy (non-hydrogen) atoms. The van der Waals surface area contributed by atoms with E-state index in [-0.39, 0.29) is 0 Å².